The second-order valence-corrected chi connectivity index (χ2v) is 5.69. The van der Waals surface area contributed by atoms with Gasteiger partial charge in [-0.15, -0.1) is 0 Å². The van der Waals surface area contributed by atoms with Gasteiger partial charge in [0.05, 0.1) is 30.1 Å². The molecule has 0 radical (unpaired) electrons. The molecule has 2 rings (SSSR count). The highest BCUT2D eigenvalue weighted by atomic mass is 16.5. The third kappa shape index (κ3) is 3.92. The van der Waals surface area contributed by atoms with Crippen LogP contribution < -0.4 is 5.32 Å². The van der Waals surface area contributed by atoms with Crippen LogP contribution in [0.1, 0.15) is 39.7 Å². The van der Waals surface area contributed by atoms with Crippen LogP contribution in [-0.2, 0) is 19.1 Å². The Morgan fingerprint density at radius 3 is 2.04 bits per heavy atom. The van der Waals surface area contributed by atoms with Crippen molar-refractivity contribution >= 4 is 17.6 Å². The van der Waals surface area contributed by atoms with Crippen LogP contribution in [0.2, 0.25) is 0 Å². The van der Waals surface area contributed by atoms with Gasteiger partial charge in [-0.05, 0) is 25.8 Å². The van der Waals surface area contributed by atoms with Gasteiger partial charge in [-0.3, -0.25) is 0 Å². The number of ether oxygens (including phenoxy) is 2. The van der Waals surface area contributed by atoms with E-state index in [1.165, 1.54) is 0 Å². The van der Waals surface area contributed by atoms with Gasteiger partial charge >= 0.3 is 11.9 Å². The molecule has 0 fully saturated rings. The normalized spacial score (nSPS) is 17.2. The number of carbonyl (C=O) groups is 2. The molecule has 0 amide bonds. The lowest BCUT2D eigenvalue weighted by molar-refractivity contribution is -0.139. The van der Waals surface area contributed by atoms with E-state index in [4.69, 9.17) is 9.47 Å². The molecule has 1 aromatic carbocycles. The van der Waals surface area contributed by atoms with E-state index in [0.29, 0.717) is 23.3 Å². The van der Waals surface area contributed by atoms with Gasteiger partial charge in [-0.1, -0.05) is 44.2 Å². The maximum Gasteiger partial charge on any atom is 0.336 e. The number of carbonyl (C=O) groups excluding carboxylic acids is 2. The lowest BCUT2D eigenvalue weighted by Crippen LogP contribution is -2.33. The van der Waals surface area contributed by atoms with Crippen LogP contribution >= 0.6 is 0 Å². The highest BCUT2D eigenvalue weighted by Gasteiger charge is 2.36. The van der Waals surface area contributed by atoms with Crippen molar-refractivity contribution in [3.05, 3.63) is 52.7 Å². The first-order valence-electron chi connectivity index (χ1n) is 8.68. The molecule has 0 aliphatic carbocycles. The molecule has 5 nitrogen and oxygen atoms in total. The van der Waals surface area contributed by atoms with Gasteiger partial charge in [0, 0.05) is 11.6 Å². The van der Waals surface area contributed by atoms with Gasteiger partial charge in [0.25, 0.3) is 0 Å². The molecule has 1 atom stereocenters. The number of nitrogens with one attached hydrogen (secondary N) is 1. The first-order valence-corrected chi connectivity index (χ1v) is 8.68. The maximum atomic E-state index is 12.6. The molecule has 1 N–H and O–H groups in total. The van der Waals surface area contributed by atoms with Crippen molar-refractivity contribution in [2.45, 2.75) is 34.1 Å². The monoisotopic (exact) mass is 343 g/mol. The maximum absolute atomic E-state index is 12.6. The fourth-order valence-electron chi connectivity index (χ4n) is 3.02. The van der Waals surface area contributed by atoms with Crippen molar-refractivity contribution in [1.82, 2.24) is 5.32 Å². The van der Waals surface area contributed by atoms with Crippen LogP contribution in [0.15, 0.2) is 47.2 Å². The van der Waals surface area contributed by atoms with Crippen LogP contribution in [0.5, 0.6) is 0 Å². The average molecular weight is 343 g/mol. The Morgan fingerprint density at radius 2 is 1.52 bits per heavy atom. The van der Waals surface area contributed by atoms with Gasteiger partial charge in [0.15, 0.2) is 0 Å². The van der Waals surface area contributed by atoms with Gasteiger partial charge < -0.3 is 14.8 Å². The quantitative estimate of drug-likeness (QED) is 0.802. The third-order valence-corrected chi connectivity index (χ3v) is 4.14. The fourth-order valence-corrected chi connectivity index (χ4v) is 3.02. The van der Waals surface area contributed by atoms with Crippen molar-refractivity contribution in [2.75, 3.05) is 13.2 Å². The zero-order valence-electron chi connectivity index (χ0n) is 15.2. The summed E-state index contributed by atoms with van der Waals surface area (Å²) in [6.07, 6.45) is 0.630. The average Bonchev–Trinajstić information content (AvgIpc) is 2.61. The molecule has 0 saturated heterocycles. The largest absolute Gasteiger partial charge is 0.463 e. The van der Waals surface area contributed by atoms with Crippen molar-refractivity contribution in [2.24, 2.45) is 5.92 Å². The summed E-state index contributed by atoms with van der Waals surface area (Å²) in [4.78, 5) is 25.1. The Bertz CT molecular complexity index is 704. The smallest absolute Gasteiger partial charge is 0.336 e. The topological polar surface area (TPSA) is 64.6 Å². The number of hydrogen-bond donors (Lipinski definition) is 1. The number of allylic oxidation sites excluding steroid dienone is 1. The highest BCUT2D eigenvalue weighted by molar-refractivity contribution is 6.03. The Labute approximate surface area is 148 Å². The van der Waals surface area contributed by atoms with E-state index >= 15 is 0 Å². The molecule has 25 heavy (non-hydrogen) atoms. The van der Waals surface area contributed by atoms with E-state index in [9.17, 15) is 9.59 Å². The lowest BCUT2D eigenvalue weighted by Gasteiger charge is -2.30. The molecule has 0 bridgehead atoms. The summed E-state index contributed by atoms with van der Waals surface area (Å²) in [6, 6.07) is 9.59. The molecule has 1 aliphatic rings. The molecular formula is C20H25NO4. The number of esters is 2. The molecule has 1 heterocycles. The minimum atomic E-state index is -0.418. The van der Waals surface area contributed by atoms with E-state index in [1.54, 1.807) is 13.8 Å². The summed E-state index contributed by atoms with van der Waals surface area (Å²) in [7, 11) is 0. The number of dihydropyridines is 1. The Balaban J connectivity index is 2.57. The van der Waals surface area contributed by atoms with Gasteiger partial charge in [-0.25, -0.2) is 9.59 Å². The van der Waals surface area contributed by atoms with Crippen LogP contribution in [0.3, 0.4) is 0 Å². The Hall–Kier alpha value is -2.56. The highest BCUT2D eigenvalue weighted by Crippen LogP contribution is 2.35. The Morgan fingerprint density at radius 1 is 0.960 bits per heavy atom. The van der Waals surface area contributed by atoms with Crippen LogP contribution in [0.25, 0.3) is 5.70 Å². The van der Waals surface area contributed by atoms with E-state index in [-0.39, 0.29) is 13.2 Å². The zero-order valence-corrected chi connectivity index (χ0v) is 15.2. The minimum absolute atomic E-state index is 0.274. The summed E-state index contributed by atoms with van der Waals surface area (Å²) in [5.41, 5.74) is 3.29. The van der Waals surface area contributed by atoms with Crippen molar-refractivity contribution in [3.8, 4) is 0 Å². The summed E-state index contributed by atoms with van der Waals surface area (Å²) < 4.78 is 10.5. The summed E-state index contributed by atoms with van der Waals surface area (Å²) >= 11 is 0. The number of hydrogen-bond acceptors (Lipinski definition) is 5. The summed E-state index contributed by atoms with van der Waals surface area (Å²) in [5, 5.41) is 3.29. The standard InChI is InChI=1S/C20H25NO4/c1-5-15-16(19(22)24-6-2)13(4)17(20(23)25-7-3)18(21-15)14-11-9-8-10-12-14/h8-13,21H,5-7H2,1-4H3/t13-/m1/s1. The molecule has 1 aliphatic heterocycles. The summed E-state index contributed by atoms with van der Waals surface area (Å²) in [6.45, 7) is 7.90. The van der Waals surface area contributed by atoms with Crippen molar-refractivity contribution in [3.63, 3.8) is 0 Å². The van der Waals surface area contributed by atoms with Crippen LogP contribution in [-0.4, -0.2) is 25.2 Å². The van der Waals surface area contributed by atoms with E-state index < -0.39 is 17.9 Å². The Kier molecular flexibility index (Phi) is 6.39. The van der Waals surface area contributed by atoms with Crippen LogP contribution in [0.4, 0.5) is 0 Å². The minimum Gasteiger partial charge on any atom is -0.463 e. The molecule has 134 valence electrons. The molecular weight excluding hydrogens is 318 g/mol. The predicted octanol–water partition coefficient (Wildman–Crippen LogP) is 3.43. The number of benzene rings is 1. The lowest BCUT2D eigenvalue weighted by atomic mass is 9.84. The molecule has 1 aromatic rings. The second-order valence-electron chi connectivity index (χ2n) is 5.69. The SMILES string of the molecule is CCOC(=O)C1=C(CC)NC(c2ccccc2)=C(C(=O)OCC)[C@@H]1C. The van der Waals surface area contributed by atoms with Gasteiger partial charge in [-0.2, -0.15) is 0 Å². The fraction of sp³-hybridized carbons (Fsp3) is 0.400. The first kappa shape index (κ1) is 18.8. The van der Waals surface area contributed by atoms with E-state index in [2.05, 4.69) is 5.32 Å². The molecule has 5 heteroatoms. The second kappa shape index (κ2) is 8.51. The molecule has 0 spiro atoms. The summed E-state index contributed by atoms with van der Waals surface area (Å²) in [5.74, 6) is -1.23. The molecule has 0 saturated carbocycles. The molecule has 0 aromatic heterocycles. The van der Waals surface area contributed by atoms with Crippen LogP contribution in [0, 0.1) is 5.92 Å². The van der Waals surface area contributed by atoms with E-state index in [0.717, 1.165) is 11.3 Å². The number of rotatable bonds is 6. The van der Waals surface area contributed by atoms with Gasteiger partial charge in [0.1, 0.15) is 0 Å². The third-order valence-electron chi connectivity index (χ3n) is 4.14. The van der Waals surface area contributed by atoms with Crippen molar-refractivity contribution in [1.29, 1.82) is 0 Å². The molecule has 0 unspecified atom stereocenters. The van der Waals surface area contributed by atoms with Gasteiger partial charge in [0.2, 0.25) is 0 Å². The van der Waals surface area contributed by atoms with E-state index in [1.807, 2.05) is 44.2 Å². The zero-order chi connectivity index (χ0) is 18.4. The first-order chi connectivity index (χ1) is 12.0. The predicted molar refractivity (Wildman–Crippen MR) is 96.2 cm³/mol. The van der Waals surface area contributed by atoms with Crippen molar-refractivity contribution < 1.29 is 19.1 Å².